The number of hydrogen-bond acceptors (Lipinski definition) is 2. The number of nitrogens with zero attached hydrogens (tertiary/aromatic N) is 1. The summed E-state index contributed by atoms with van der Waals surface area (Å²) in [5.74, 6) is 0.0625. The molecule has 0 bridgehead atoms. The summed E-state index contributed by atoms with van der Waals surface area (Å²) in [7, 11) is 1.80. The van der Waals surface area contributed by atoms with E-state index in [1.165, 1.54) is 0 Å². The van der Waals surface area contributed by atoms with Crippen LogP contribution in [0.4, 0.5) is 5.69 Å². The third-order valence-corrected chi connectivity index (χ3v) is 3.69. The second-order valence-electron chi connectivity index (χ2n) is 4.32. The Labute approximate surface area is 110 Å². The van der Waals surface area contributed by atoms with E-state index in [-0.39, 0.29) is 5.91 Å². The van der Waals surface area contributed by atoms with Gasteiger partial charge in [0.15, 0.2) is 0 Å². The lowest BCUT2D eigenvalue weighted by Gasteiger charge is -2.24. The lowest BCUT2D eigenvalue weighted by Crippen LogP contribution is -2.47. The molecule has 0 saturated carbocycles. The van der Waals surface area contributed by atoms with Gasteiger partial charge in [-0.15, -0.1) is 6.58 Å². The maximum Gasteiger partial charge on any atom is 0.251 e. The number of fused-ring (bicyclic) bond motifs is 1. The van der Waals surface area contributed by atoms with Gasteiger partial charge in [0.05, 0.1) is 5.69 Å². The minimum atomic E-state index is -0.654. The number of benzene rings is 1. The fourth-order valence-electron chi connectivity index (χ4n) is 2.21. The number of carbonyl (C=O) groups is 1. The summed E-state index contributed by atoms with van der Waals surface area (Å²) in [4.78, 5) is 14.0. The fraction of sp³-hybridized carbons (Fsp3) is 0.308. The molecule has 1 aliphatic heterocycles. The first-order chi connectivity index (χ1) is 8.00. The van der Waals surface area contributed by atoms with Crippen molar-refractivity contribution in [3.63, 3.8) is 0 Å². The largest absolute Gasteiger partial charge is 0.313 e. The molecule has 1 N–H and O–H groups in total. The van der Waals surface area contributed by atoms with Crippen LogP contribution in [0.3, 0.4) is 0 Å². The Hall–Kier alpha value is -1.13. The molecule has 1 aliphatic rings. The van der Waals surface area contributed by atoms with Crippen LogP contribution in [0.25, 0.3) is 0 Å². The normalized spacial score (nSPS) is 22.8. The van der Waals surface area contributed by atoms with E-state index in [9.17, 15) is 4.79 Å². The molecule has 90 valence electrons. The second kappa shape index (κ2) is 4.27. The third-order valence-electron chi connectivity index (χ3n) is 3.19. The highest BCUT2D eigenvalue weighted by Gasteiger charge is 2.45. The van der Waals surface area contributed by atoms with Crippen molar-refractivity contribution >= 4 is 27.5 Å². The maximum atomic E-state index is 12.3. The molecule has 0 spiro atoms. The average Bonchev–Trinajstić information content (AvgIpc) is 2.50. The summed E-state index contributed by atoms with van der Waals surface area (Å²) in [6, 6.07) is 5.91. The zero-order valence-electron chi connectivity index (χ0n) is 9.96. The first-order valence-corrected chi connectivity index (χ1v) is 6.24. The number of likely N-dealkylation sites (N-methyl/N-ethyl adjacent to an activating group) is 1. The number of anilines is 1. The van der Waals surface area contributed by atoms with Crippen molar-refractivity contribution in [2.24, 2.45) is 0 Å². The standard InChI is InChI=1S/C13H15BrN2O/c1-4-7-15-13(2)10-6-5-9(14)8-11(10)16(3)12(13)17/h4-6,8,15H,1,7H2,2-3H3. The molecule has 0 aliphatic carbocycles. The van der Waals surface area contributed by atoms with Gasteiger partial charge in [0, 0.05) is 23.6 Å². The van der Waals surface area contributed by atoms with Gasteiger partial charge in [0.2, 0.25) is 0 Å². The second-order valence-corrected chi connectivity index (χ2v) is 5.24. The van der Waals surface area contributed by atoms with Crippen LogP contribution < -0.4 is 10.2 Å². The predicted molar refractivity (Wildman–Crippen MR) is 73.1 cm³/mol. The minimum absolute atomic E-state index is 0.0625. The molecule has 0 aromatic heterocycles. The molecule has 1 atom stereocenters. The van der Waals surface area contributed by atoms with Crippen LogP contribution >= 0.6 is 15.9 Å². The van der Waals surface area contributed by atoms with E-state index in [4.69, 9.17) is 0 Å². The summed E-state index contributed by atoms with van der Waals surface area (Å²) in [6.07, 6.45) is 1.76. The Morgan fingerprint density at radius 2 is 2.29 bits per heavy atom. The zero-order valence-corrected chi connectivity index (χ0v) is 11.5. The molecule has 4 heteroatoms. The molecule has 1 amide bonds. The SMILES string of the molecule is C=CCNC1(C)C(=O)N(C)c2cc(Br)ccc21. The van der Waals surface area contributed by atoms with Crippen LogP contribution in [-0.4, -0.2) is 19.5 Å². The molecule has 1 aromatic carbocycles. The molecule has 1 heterocycles. The van der Waals surface area contributed by atoms with Crippen LogP contribution in [0.5, 0.6) is 0 Å². The summed E-state index contributed by atoms with van der Waals surface area (Å²) >= 11 is 3.43. The number of nitrogens with one attached hydrogen (secondary N) is 1. The van der Waals surface area contributed by atoms with Crippen LogP contribution in [-0.2, 0) is 10.3 Å². The molecule has 1 unspecified atom stereocenters. The van der Waals surface area contributed by atoms with Crippen molar-refractivity contribution < 1.29 is 4.79 Å². The monoisotopic (exact) mass is 294 g/mol. The molecule has 2 rings (SSSR count). The molecule has 3 nitrogen and oxygen atoms in total. The van der Waals surface area contributed by atoms with Crippen LogP contribution in [0, 0.1) is 0 Å². The van der Waals surface area contributed by atoms with Crippen molar-refractivity contribution in [3.05, 3.63) is 40.9 Å². The van der Waals surface area contributed by atoms with E-state index in [2.05, 4.69) is 27.8 Å². The summed E-state index contributed by atoms with van der Waals surface area (Å²) < 4.78 is 0.976. The lowest BCUT2D eigenvalue weighted by molar-refractivity contribution is -0.123. The lowest BCUT2D eigenvalue weighted by atomic mass is 9.93. The highest BCUT2D eigenvalue weighted by molar-refractivity contribution is 9.10. The minimum Gasteiger partial charge on any atom is -0.313 e. The van der Waals surface area contributed by atoms with Crippen LogP contribution in [0.2, 0.25) is 0 Å². The van der Waals surface area contributed by atoms with E-state index in [0.717, 1.165) is 15.7 Å². The van der Waals surface area contributed by atoms with E-state index in [0.29, 0.717) is 6.54 Å². The van der Waals surface area contributed by atoms with Gasteiger partial charge in [-0.05, 0) is 19.1 Å². The van der Waals surface area contributed by atoms with E-state index < -0.39 is 5.54 Å². The highest BCUT2D eigenvalue weighted by atomic mass is 79.9. The van der Waals surface area contributed by atoms with Gasteiger partial charge in [-0.1, -0.05) is 28.1 Å². The predicted octanol–water partition coefficient (Wildman–Crippen LogP) is 2.42. The smallest absolute Gasteiger partial charge is 0.251 e. The molecular formula is C13H15BrN2O. The van der Waals surface area contributed by atoms with Crippen LogP contribution in [0.1, 0.15) is 12.5 Å². The topological polar surface area (TPSA) is 32.3 Å². The van der Waals surface area contributed by atoms with Gasteiger partial charge in [-0.25, -0.2) is 0 Å². The number of hydrogen-bond donors (Lipinski definition) is 1. The highest BCUT2D eigenvalue weighted by Crippen LogP contribution is 2.40. The maximum absolute atomic E-state index is 12.3. The average molecular weight is 295 g/mol. The number of carbonyl (C=O) groups excluding carboxylic acids is 1. The third kappa shape index (κ3) is 1.81. The number of halogens is 1. The van der Waals surface area contributed by atoms with Gasteiger partial charge >= 0.3 is 0 Å². The Morgan fingerprint density at radius 1 is 1.59 bits per heavy atom. The van der Waals surface area contributed by atoms with Gasteiger partial charge in [0.25, 0.3) is 5.91 Å². The van der Waals surface area contributed by atoms with Gasteiger partial charge in [-0.2, -0.15) is 0 Å². The fourth-order valence-corrected chi connectivity index (χ4v) is 2.56. The van der Waals surface area contributed by atoms with E-state index >= 15 is 0 Å². The van der Waals surface area contributed by atoms with Crippen molar-refractivity contribution in [1.82, 2.24) is 5.32 Å². The van der Waals surface area contributed by atoms with Gasteiger partial charge in [-0.3, -0.25) is 10.1 Å². The van der Waals surface area contributed by atoms with Crippen molar-refractivity contribution in [1.29, 1.82) is 0 Å². The van der Waals surface area contributed by atoms with Crippen molar-refractivity contribution in [2.45, 2.75) is 12.5 Å². The van der Waals surface area contributed by atoms with Gasteiger partial charge < -0.3 is 4.90 Å². The van der Waals surface area contributed by atoms with Gasteiger partial charge in [0.1, 0.15) is 5.54 Å². The molecule has 17 heavy (non-hydrogen) atoms. The van der Waals surface area contributed by atoms with E-state index in [1.54, 1.807) is 18.0 Å². The summed E-state index contributed by atoms with van der Waals surface area (Å²) in [5, 5.41) is 3.24. The molecule has 0 radical (unpaired) electrons. The molecular weight excluding hydrogens is 280 g/mol. The zero-order chi connectivity index (χ0) is 12.6. The Balaban J connectivity index is 2.50. The molecule has 1 aromatic rings. The first kappa shape index (κ1) is 12.3. The Kier molecular flexibility index (Phi) is 3.10. The summed E-state index contributed by atoms with van der Waals surface area (Å²) in [5.41, 5.74) is 1.30. The van der Waals surface area contributed by atoms with Crippen molar-refractivity contribution in [2.75, 3.05) is 18.5 Å². The number of amides is 1. The quantitative estimate of drug-likeness (QED) is 0.869. The molecule has 0 fully saturated rings. The summed E-state index contributed by atoms with van der Waals surface area (Å²) in [6.45, 7) is 6.19. The number of rotatable bonds is 3. The Morgan fingerprint density at radius 3 is 2.94 bits per heavy atom. The molecule has 0 saturated heterocycles. The van der Waals surface area contributed by atoms with E-state index in [1.807, 2.05) is 25.1 Å². The van der Waals surface area contributed by atoms with Crippen LogP contribution in [0.15, 0.2) is 35.3 Å². The first-order valence-electron chi connectivity index (χ1n) is 5.45. The van der Waals surface area contributed by atoms with Crippen molar-refractivity contribution in [3.8, 4) is 0 Å². The Bertz CT molecular complexity index is 486.